The van der Waals surface area contributed by atoms with Gasteiger partial charge in [0.05, 0.1) is 12.8 Å². The van der Waals surface area contributed by atoms with Crippen molar-refractivity contribution in [2.45, 2.75) is 11.7 Å². The molecule has 1 aliphatic rings. The summed E-state index contributed by atoms with van der Waals surface area (Å²) in [5, 5.41) is 3.29. The molecule has 2 aromatic rings. The minimum absolute atomic E-state index is 0.109. The number of carbonyl (C=O) groups is 2. The van der Waals surface area contributed by atoms with Crippen LogP contribution in [-0.4, -0.2) is 41.3 Å². The maximum Gasteiger partial charge on any atom is 0.238 e. The molecule has 0 unspecified atom stereocenters. The summed E-state index contributed by atoms with van der Waals surface area (Å²) in [6, 6.07) is 14.0. The zero-order valence-corrected chi connectivity index (χ0v) is 16.4. The molecule has 1 fully saturated rings. The Morgan fingerprint density at radius 3 is 2.70 bits per heavy atom. The van der Waals surface area contributed by atoms with Gasteiger partial charge in [0.2, 0.25) is 11.8 Å². The number of methoxy groups -OCH3 is 1. The van der Waals surface area contributed by atoms with Gasteiger partial charge in [0.25, 0.3) is 0 Å². The first-order chi connectivity index (χ1) is 13.0. The first-order valence-electron chi connectivity index (χ1n) is 8.18. The van der Waals surface area contributed by atoms with E-state index in [-0.39, 0.29) is 18.2 Å². The predicted molar refractivity (Wildman–Crippen MR) is 109 cm³/mol. The van der Waals surface area contributed by atoms with Crippen molar-refractivity contribution in [1.29, 1.82) is 0 Å². The molecule has 0 spiro atoms. The van der Waals surface area contributed by atoms with E-state index in [1.165, 1.54) is 16.7 Å². The highest BCUT2D eigenvalue weighted by Gasteiger charge is 2.34. The minimum atomic E-state index is -0.561. The largest absolute Gasteiger partial charge is 0.497 e. The smallest absolute Gasteiger partial charge is 0.238 e. The van der Waals surface area contributed by atoms with Crippen molar-refractivity contribution in [2.75, 3.05) is 19.5 Å². The number of nitrogens with one attached hydrogen (secondary N) is 1. The summed E-state index contributed by atoms with van der Waals surface area (Å²) in [6.07, 6.45) is 0.109. The maximum atomic E-state index is 12.6. The summed E-state index contributed by atoms with van der Waals surface area (Å²) >= 11 is 7.24. The third-order valence-electron chi connectivity index (χ3n) is 3.95. The van der Waals surface area contributed by atoms with Gasteiger partial charge in [-0.2, -0.15) is 0 Å². The molecular weight excluding hydrogens is 386 g/mol. The fourth-order valence-corrected chi connectivity index (χ4v) is 3.70. The topological polar surface area (TPSA) is 71.0 Å². The number of nitrogens with zero attached hydrogens (tertiary/aromatic N) is 2. The number of benzene rings is 2. The Kier molecular flexibility index (Phi) is 6.03. The van der Waals surface area contributed by atoms with Crippen molar-refractivity contribution >= 4 is 51.7 Å². The number of halogens is 1. The first-order valence-corrected chi connectivity index (χ1v) is 9.44. The highest BCUT2D eigenvalue weighted by Crippen LogP contribution is 2.29. The number of thioether (sulfide) groups is 1. The van der Waals surface area contributed by atoms with Gasteiger partial charge in [0, 0.05) is 24.2 Å². The van der Waals surface area contributed by atoms with Crippen molar-refractivity contribution in [2.24, 2.45) is 4.99 Å². The van der Waals surface area contributed by atoms with Gasteiger partial charge in [-0.3, -0.25) is 14.5 Å². The summed E-state index contributed by atoms with van der Waals surface area (Å²) in [5.74, 6) is 0.294. The second kappa shape index (κ2) is 8.45. The van der Waals surface area contributed by atoms with E-state index in [2.05, 4.69) is 10.3 Å². The second-order valence-electron chi connectivity index (χ2n) is 5.86. The van der Waals surface area contributed by atoms with Crippen LogP contribution in [0.15, 0.2) is 53.5 Å². The molecule has 6 nitrogen and oxygen atoms in total. The maximum absolute atomic E-state index is 12.6. The van der Waals surface area contributed by atoms with Gasteiger partial charge in [0.1, 0.15) is 11.0 Å². The molecule has 1 heterocycles. The fraction of sp³-hybridized carbons (Fsp3) is 0.211. The Morgan fingerprint density at radius 2 is 2.04 bits per heavy atom. The van der Waals surface area contributed by atoms with Gasteiger partial charge in [0.15, 0.2) is 5.17 Å². The summed E-state index contributed by atoms with van der Waals surface area (Å²) in [4.78, 5) is 30.9. The van der Waals surface area contributed by atoms with Crippen LogP contribution < -0.4 is 10.1 Å². The van der Waals surface area contributed by atoms with E-state index < -0.39 is 5.25 Å². The molecule has 0 saturated carbocycles. The van der Waals surface area contributed by atoms with Crippen LogP contribution in [0.3, 0.4) is 0 Å². The minimum Gasteiger partial charge on any atom is -0.497 e. The Bertz CT molecular complexity index is 886. The third-order valence-corrected chi connectivity index (χ3v) is 5.43. The number of aliphatic imine (C=N–C) groups is 1. The third kappa shape index (κ3) is 4.81. The number of anilines is 1. The molecule has 8 heteroatoms. The van der Waals surface area contributed by atoms with E-state index >= 15 is 0 Å². The quantitative estimate of drug-likeness (QED) is 0.839. The highest BCUT2D eigenvalue weighted by atomic mass is 35.5. The van der Waals surface area contributed by atoms with E-state index in [9.17, 15) is 9.59 Å². The Morgan fingerprint density at radius 1 is 1.30 bits per heavy atom. The lowest BCUT2D eigenvalue weighted by atomic mass is 10.2. The molecule has 140 valence electrons. The normalized spacial score (nSPS) is 18.5. The lowest BCUT2D eigenvalue weighted by molar-refractivity contribution is -0.128. The first kappa shape index (κ1) is 19.3. The monoisotopic (exact) mass is 403 g/mol. The van der Waals surface area contributed by atoms with E-state index in [0.717, 1.165) is 0 Å². The van der Waals surface area contributed by atoms with Crippen LogP contribution in [0.2, 0.25) is 5.02 Å². The summed E-state index contributed by atoms with van der Waals surface area (Å²) in [6.45, 7) is 0. The molecule has 0 aromatic heterocycles. The van der Waals surface area contributed by atoms with E-state index in [1.807, 2.05) is 0 Å². The van der Waals surface area contributed by atoms with Gasteiger partial charge < -0.3 is 10.1 Å². The number of hydrogen-bond donors (Lipinski definition) is 1. The van der Waals surface area contributed by atoms with Gasteiger partial charge >= 0.3 is 0 Å². The van der Waals surface area contributed by atoms with Gasteiger partial charge in [-0.05, 0) is 42.5 Å². The standard InChI is InChI=1S/C19H18ClN3O3S/c1-23-17(24)11-16(18(25)21-13-6-8-15(26-2)9-7-13)27-19(23)22-14-5-3-4-12(20)10-14/h3-10,16H,11H2,1-2H3,(H,21,25)/t16-/m0/s1. The summed E-state index contributed by atoms with van der Waals surface area (Å²) in [5.41, 5.74) is 1.27. The molecule has 0 aliphatic carbocycles. The van der Waals surface area contributed by atoms with Gasteiger partial charge in [-0.25, -0.2) is 4.99 Å². The molecule has 2 amide bonds. The molecule has 27 heavy (non-hydrogen) atoms. The Labute approximate surface area is 166 Å². The van der Waals surface area contributed by atoms with Gasteiger partial charge in [-0.1, -0.05) is 29.4 Å². The number of amidine groups is 1. The van der Waals surface area contributed by atoms with E-state index in [1.54, 1.807) is 62.7 Å². The van der Waals surface area contributed by atoms with Gasteiger partial charge in [-0.15, -0.1) is 0 Å². The Hall–Kier alpha value is -2.51. The van der Waals surface area contributed by atoms with Crippen molar-refractivity contribution in [3.63, 3.8) is 0 Å². The van der Waals surface area contributed by atoms with Crippen LogP contribution in [0.5, 0.6) is 5.75 Å². The molecular formula is C19H18ClN3O3S. The number of carbonyl (C=O) groups excluding carboxylic acids is 2. The molecule has 1 saturated heterocycles. The fourth-order valence-electron chi connectivity index (χ4n) is 2.45. The van der Waals surface area contributed by atoms with Crippen LogP contribution in [0.4, 0.5) is 11.4 Å². The molecule has 0 radical (unpaired) electrons. The number of rotatable bonds is 4. The predicted octanol–water partition coefficient (Wildman–Crippen LogP) is 3.94. The lowest BCUT2D eigenvalue weighted by Gasteiger charge is -2.28. The van der Waals surface area contributed by atoms with Crippen molar-refractivity contribution < 1.29 is 14.3 Å². The zero-order chi connectivity index (χ0) is 19.4. The van der Waals surface area contributed by atoms with Crippen molar-refractivity contribution in [3.8, 4) is 5.75 Å². The SMILES string of the molecule is COc1ccc(NC(=O)[C@@H]2CC(=O)N(C)C(=Nc3cccc(Cl)c3)S2)cc1. The second-order valence-corrected chi connectivity index (χ2v) is 7.46. The number of hydrogen-bond acceptors (Lipinski definition) is 5. The molecule has 1 aliphatic heterocycles. The number of ether oxygens (including phenoxy) is 1. The van der Waals surface area contributed by atoms with Crippen molar-refractivity contribution in [3.05, 3.63) is 53.6 Å². The number of amides is 2. The highest BCUT2D eigenvalue weighted by molar-refractivity contribution is 8.15. The average molecular weight is 404 g/mol. The van der Waals surface area contributed by atoms with E-state index in [0.29, 0.717) is 27.3 Å². The lowest BCUT2D eigenvalue weighted by Crippen LogP contribution is -2.43. The van der Waals surface area contributed by atoms with Crippen molar-refractivity contribution in [1.82, 2.24) is 4.90 Å². The zero-order valence-electron chi connectivity index (χ0n) is 14.8. The molecule has 0 bridgehead atoms. The molecule has 3 rings (SSSR count). The summed E-state index contributed by atoms with van der Waals surface area (Å²) < 4.78 is 5.10. The van der Waals surface area contributed by atoms with Crippen LogP contribution >= 0.6 is 23.4 Å². The van der Waals surface area contributed by atoms with Crippen LogP contribution in [-0.2, 0) is 9.59 Å². The molecule has 1 N–H and O–H groups in total. The van der Waals surface area contributed by atoms with E-state index in [4.69, 9.17) is 16.3 Å². The Balaban J connectivity index is 1.75. The van der Waals surface area contributed by atoms with Crippen LogP contribution in [0.25, 0.3) is 0 Å². The molecule has 1 atom stereocenters. The average Bonchev–Trinajstić information content (AvgIpc) is 2.66. The summed E-state index contributed by atoms with van der Waals surface area (Å²) in [7, 11) is 3.23. The molecule has 2 aromatic carbocycles. The van der Waals surface area contributed by atoms with Crippen LogP contribution in [0.1, 0.15) is 6.42 Å². The van der Waals surface area contributed by atoms with Crippen LogP contribution in [0, 0.1) is 0 Å².